The highest BCUT2D eigenvalue weighted by atomic mass is 32.2. The highest BCUT2D eigenvalue weighted by Crippen LogP contribution is 2.32. The third-order valence-corrected chi connectivity index (χ3v) is 4.89. The maximum Gasteiger partial charge on any atom is 0.225 e. The molecular weight excluding hydrogens is 246 g/mol. The van der Waals surface area contributed by atoms with Crippen LogP contribution in [0.2, 0.25) is 0 Å². The molecule has 0 aromatic rings. The van der Waals surface area contributed by atoms with E-state index in [-0.39, 0.29) is 11.9 Å². The van der Waals surface area contributed by atoms with Crippen LogP contribution in [-0.4, -0.2) is 46.1 Å². The zero-order valence-electron chi connectivity index (χ0n) is 11.9. The summed E-state index contributed by atoms with van der Waals surface area (Å²) in [5.41, 5.74) is -0.719. The van der Waals surface area contributed by atoms with E-state index in [2.05, 4.69) is 13.8 Å². The Labute approximate surface area is 115 Å². The molecule has 1 N–H and O–H groups in total. The fourth-order valence-corrected chi connectivity index (χ4v) is 3.25. The van der Waals surface area contributed by atoms with Crippen LogP contribution in [0, 0.1) is 0 Å². The van der Waals surface area contributed by atoms with Crippen molar-refractivity contribution in [2.75, 3.05) is 18.6 Å². The van der Waals surface area contributed by atoms with Gasteiger partial charge in [-0.05, 0) is 37.7 Å². The van der Waals surface area contributed by atoms with Crippen molar-refractivity contribution >= 4 is 17.7 Å². The van der Waals surface area contributed by atoms with E-state index in [1.807, 2.05) is 23.7 Å². The number of thioether (sulfide) groups is 1. The summed E-state index contributed by atoms with van der Waals surface area (Å²) in [6.45, 7) is 4.24. The highest BCUT2D eigenvalue weighted by Gasteiger charge is 2.34. The molecule has 1 amide bonds. The molecule has 4 heteroatoms. The second-order valence-electron chi connectivity index (χ2n) is 5.45. The summed E-state index contributed by atoms with van der Waals surface area (Å²) in [5, 5.41) is 10.3. The van der Waals surface area contributed by atoms with Gasteiger partial charge in [0.05, 0.1) is 12.0 Å². The van der Waals surface area contributed by atoms with Crippen molar-refractivity contribution < 1.29 is 9.90 Å². The van der Waals surface area contributed by atoms with E-state index in [0.717, 1.165) is 43.6 Å². The molecule has 1 unspecified atom stereocenters. The third kappa shape index (κ3) is 4.81. The lowest BCUT2D eigenvalue weighted by atomic mass is 9.97. The minimum absolute atomic E-state index is 0.0911. The van der Waals surface area contributed by atoms with E-state index < -0.39 is 5.60 Å². The predicted molar refractivity (Wildman–Crippen MR) is 77.9 cm³/mol. The second-order valence-corrected chi connectivity index (χ2v) is 6.84. The Balaban J connectivity index is 2.35. The van der Waals surface area contributed by atoms with Crippen molar-refractivity contribution in [1.29, 1.82) is 0 Å². The standard InChI is InChI=1S/C14H27NO2S/c1-4-18-10-7-12(2)15(3)13(16)11-14(17)8-5-6-9-14/h12,17H,4-11H2,1-3H3. The Kier molecular flexibility index (Phi) is 6.50. The van der Waals surface area contributed by atoms with Crippen LogP contribution in [0.4, 0.5) is 0 Å². The Morgan fingerprint density at radius 1 is 1.44 bits per heavy atom. The maximum absolute atomic E-state index is 12.1. The molecule has 0 heterocycles. The van der Waals surface area contributed by atoms with Crippen LogP contribution in [0.1, 0.15) is 52.4 Å². The lowest BCUT2D eigenvalue weighted by molar-refractivity contribution is -0.136. The molecule has 0 bridgehead atoms. The van der Waals surface area contributed by atoms with Gasteiger partial charge in [-0.2, -0.15) is 11.8 Å². The zero-order valence-corrected chi connectivity index (χ0v) is 12.8. The molecule has 0 saturated heterocycles. The Morgan fingerprint density at radius 3 is 2.61 bits per heavy atom. The van der Waals surface area contributed by atoms with Crippen molar-refractivity contribution in [1.82, 2.24) is 4.90 Å². The van der Waals surface area contributed by atoms with Crippen molar-refractivity contribution in [2.45, 2.75) is 64.0 Å². The number of carbonyl (C=O) groups excluding carboxylic acids is 1. The van der Waals surface area contributed by atoms with Gasteiger partial charge in [0.2, 0.25) is 5.91 Å². The molecule has 0 aromatic carbocycles. The molecule has 1 rings (SSSR count). The molecule has 1 aliphatic rings. The van der Waals surface area contributed by atoms with Crippen molar-refractivity contribution in [3.05, 3.63) is 0 Å². The smallest absolute Gasteiger partial charge is 0.225 e. The van der Waals surface area contributed by atoms with Gasteiger partial charge in [0.15, 0.2) is 0 Å². The summed E-state index contributed by atoms with van der Waals surface area (Å²) in [6, 6.07) is 0.265. The molecule has 1 saturated carbocycles. The van der Waals surface area contributed by atoms with Crippen molar-refractivity contribution in [3.63, 3.8) is 0 Å². The number of nitrogens with zero attached hydrogens (tertiary/aromatic N) is 1. The van der Waals surface area contributed by atoms with Crippen molar-refractivity contribution in [3.8, 4) is 0 Å². The quantitative estimate of drug-likeness (QED) is 0.725. The lowest BCUT2D eigenvalue weighted by Crippen LogP contribution is -2.40. The van der Waals surface area contributed by atoms with Crippen LogP contribution in [0.3, 0.4) is 0 Å². The van der Waals surface area contributed by atoms with Gasteiger partial charge < -0.3 is 10.0 Å². The molecule has 18 heavy (non-hydrogen) atoms. The number of amides is 1. The molecule has 0 aliphatic heterocycles. The van der Waals surface area contributed by atoms with E-state index in [1.165, 1.54) is 0 Å². The molecule has 1 aliphatic carbocycles. The molecule has 0 spiro atoms. The van der Waals surface area contributed by atoms with Gasteiger partial charge in [-0.25, -0.2) is 0 Å². The molecule has 0 radical (unpaired) electrons. The Bertz CT molecular complexity index is 265. The van der Waals surface area contributed by atoms with Crippen LogP contribution < -0.4 is 0 Å². The molecule has 1 fully saturated rings. The van der Waals surface area contributed by atoms with Gasteiger partial charge in [0, 0.05) is 13.1 Å². The van der Waals surface area contributed by atoms with E-state index in [1.54, 1.807) is 0 Å². The number of aliphatic hydroxyl groups is 1. The van der Waals surface area contributed by atoms with E-state index >= 15 is 0 Å². The molecule has 1 atom stereocenters. The van der Waals surface area contributed by atoms with E-state index in [0.29, 0.717) is 6.42 Å². The predicted octanol–water partition coefficient (Wildman–Crippen LogP) is 2.67. The Hall–Kier alpha value is -0.220. The van der Waals surface area contributed by atoms with Gasteiger partial charge in [-0.3, -0.25) is 4.79 Å². The largest absolute Gasteiger partial charge is 0.389 e. The molecule has 3 nitrogen and oxygen atoms in total. The molecule has 0 aromatic heterocycles. The van der Waals surface area contributed by atoms with Gasteiger partial charge in [0.1, 0.15) is 0 Å². The number of carbonyl (C=O) groups is 1. The summed E-state index contributed by atoms with van der Waals surface area (Å²) < 4.78 is 0. The molecule has 106 valence electrons. The second kappa shape index (κ2) is 7.39. The van der Waals surface area contributed by atoms with Crippen LogP contribution in [0.5, 0.6) is 0 Å². The Morgan fingerprint density at radius 2 is 2.06 bits per heavy atom. The number of rotatable bonds is 7. The number of hydrogen-bond donors (Lipinski definition) is 1. The summed E-state index contributed by atoms with van der Waals surface area (Å²) >= 11 is 1.91. The minimum atomic E-state index is -0.719. The van der Waals surface area contributed by atoms with Crippen molar-refractivity contribution in [2.24, 2.45) is 0 Å². The number of hydrogen-bond acceptors (Lipinski definition) is 3. The fraction of sp³-hybridized carbons (Fsp3) is 0.929. The average Bonchev–Trinajstić information content (AvgIpc) is 2.74. The first-order chi connectivity index (χ1) is 8.48. The summed E-state index contributed by atoms with van der Waals surface area (Å²) in [4.78, 5) is 13.9. The summed E-state index contributed by atoms with van der Waals surface area (Å²) in [6.07, 6.45) is 5.00. The van der Waals surface area contributed by atoms with Gasteiger partial charge in [0.25, 0.3) is 0 Å². The highest BCUT2D eigenvalue weighted by molar-refractivity contribution is 7.99. The van der Waals surface area contributed by atoms with Crippen LogP contribution in [0.25, 0.3) is 0 Å². The van der Waals surface area contributed by atoms with E-state index in [9.17, 15) is 9.90 Å². The normalized spacial score (nSPS) is 19.8. The van der Waals surface area contributed by atoms with Gasteiger partial charge in [-0.15, -0.1) is 0 Å². The summed E-state index contributed by atoms with van der Waals surface area (Å²) in [7, 11) is 1.86. The maximum atomic E-state index is 12.1. The monoisotopic (exact) mass is 273 g/mol. The fourth-order valence-electron chi connectivity index (χ4n) is 2.45. The lowest BCUT2D eigenvalue weighted by Gasteiger charge is -2.29. The minimum Gasteiger partial charge on any atom is -0.389 e. The summed E-state index contributed by atoms with van der Waals surface area (Å²) in [5.74, 6) is 2.32. The zero-order chi connectivity index (χ0) is 13.6. The van der Waals surface area contributed by atoms with E-state index in [4.69, 9.17) is 0 Å². The third-order valence-electron chi connectivity index (χ3n) is 3.95. The molecular formula is C14H27NO2S. The first-order valence-corrected chi connectivity index (χ1v) is 8.20. The first kappa shape index (κ1) is 15.8. The van der Waals surface area contributed by atoms with Crippen LogP contribution >= 0.6 is 11.8 Å². The first-order valence-electron chi connectivity index (χ1n) is 7.04. The van der Waals surface area contributed by atoms with Crippen LogP contribution in [0.15, 0.2) is 0 Å². The van der Waals surface area contributed by atoms with Gasteiger partial charge in [-0.1, -0.05) is 19.8 Å². The SMILES string of the molecule is CCSCCC(C)N(C)C(=O)CC1(O)CCCC1. The van der Waals surface area contributed by atoms with Crippen LogP contribution in [-0.2, 0) is 4.79 Å². The van der Waals surface area contributed by atoms with Gasteiger partial charge >= 0.3 is 0 Å². The average molecular weight is 273 g/mol. The topological polar surface area (TPSA) is 40.5 Å².